The van der Waals surface area contributed by atoms with Crippen molar-refractivity contribution in [3.8, 4) is 0 Å². The van der Waals surface area contributed by atoms with Crippen molar-refractivity contribution in [1.82, 2.24) is 9.80 Å². The van der Waals surface area contributed by atoms with Crippen LogP contribution >= 0.6 is 0 Å². The molecular weight excluding hydrogens is 360 g/mol. The number of carbonyl (C=O) groups excluding carboxylic acids is 1. The maximum absolute atomic E-state index is 12.4. The molecule has 29 heavy (non-hydrogen) atoms. The van der Waals surface area contributed by atoms with Crippen LogP contribution in [0.1, 0.15) is 69.0 Å². The molecular formula is C25H36N2O2. The zero-order valence-electron chi connectivity index (χ0n) is 18.1. The first kappa shape index (κ1) is 19.4. The van der Waals surface area contributed by atoms with Gasteiger partial charge in [0, 0.05) is 19.0 Å². The van der Waals surface area contributed by atoms with E-state index >= 15 is 0 Å². The lowest BCUT2D eigenvalue weighted by molar-refractivity contribution is 0.0868. The molecule has 1 spiro atoms. The lowest BCUT2D eigenvalue weighted by atomic mass is 9.73. The monoisotopic (exact) mass is 396 g/mol. The highest BCUT2D eigenvalue weighted by Crippen LogP contribution is 2.53. The molecule has 2 bridgehead atoms. The molecule has 0 radical (unpaired) electrons. The lowest BCUT2D eigenvalue weighted by Crippen LogP contribution is -2.44. The summed E-state index contributed by atoms with van der Waals surface area (Å²) < 4.78 is 5.30. The Bertz CT molecular complexity index is 755. The number of benzene rings is 1. The van der Waals surface area contributed by atoms with Gasteiger partial charge in [-0.1, -0.05) is 30.7 Å². The average molecular weight is 397 g/mol. The van der Waals surface area contributed by atoms with E-state index in [4.69, 9.17) is 4.74 Å². The largest absolute Gasteiger partial charge is 0.450 e. The van der Waals surface area contributed by atoms with Crippen molar-refractivity contribution in [1.29, 1.82) is 0 Å². The van der Waals surface area contributed by atoms with Crippen LogP contribution in [0.5, 0.6) is 0 Å². The van der Waals surface area contributed by atoms with Gasteiger partial charge in [0.25, 0.3) is 0 Å². The Morgan fingerprint density at radius 3 is 2.69 bits per heavy atom. The van der Waals surface area contributed by atoms with E-state index in [1.807, 2.05) is 18.9 Å². The summed E-state index contributed by atoms with van der Waals surface area (Å²) >= 11 is 0. The second kappa shape index (κ2) is 7.61. The summed E-state index contributed by atoms with van der Waals surface area (Å²) in [6, 6.07) is 8.98. The predicted octanol–water partition coefficient (Wildman–Crippen LogP) is 4.99. The molecule has 1 amide bonds. The van der Waals surface area contributed by atoms with Crippen LogP contribution < -0.4 is 0 Å². The summed E-state index contributed by atoms with van der Waals surface area (Å²) in [5.41, 5.74) is 3.05. The van der Waals surface area contributed by atoms with Crippen molar-refractivity contribution in [2.24, 2.45) is 17.8 Å². The van der Waals surface area contributed by atoms with Crippen LogP contribution in [0, 0.1) is 17.8 Å². The predicted molar refractivity (Wildman–Crippen MR) is 115 cm³/mol. The first-order valence-corrected chi connectivity index (χ1v) is 11.8. The minimum absolute atomic E-state index is 0.141. The van der Waals surface area contributed by atoms with Gasteiger partial charge in [-0.05, 0) is 87.4 Å². The topological polar surface area (TPSA) is 32.8 Å². The van der Waals surface area contributed by atoms with Gasteiger partial charge >= 0.3 is 6.09 Å². The summed E-state index contributed by atoms with van der Waals surface area (Å²) in [6.07, 6.45) is 9.27. The SMILES string of the molecule is CCOC(=O)N(C)[C@H]1CC2(CCN(C[C@H]3C[C@H]4CC[C@H]3C4)CC2)c2ccccc21. The highest BCUT2D eigenvalue weighted by molar-refractivity contribution is 5.68. The molecule has 0 unspecified atom stereocenters. The second-order valence-electron chi connectivity index (χ2n) is 10.1. The molecule has 158 valence electrons. The molecule has 3 fully saturated rings. The van der Waals surface area contributed by atoms with Crippen molar-refractivity contribution in [3.63, 3.8) is 0 Å². The Kier molecular flexibility index (Phi) is 5.09. The summed E-state index contributed by atoms with van der Waals surface area (Å²) in [4.78, 5) is 17.0. The van der Waals surface area contributed by atoms with Gasteiger partial charge in [-0.25, -0.2) is 4.79 Å². The number of hydrogen-bond acceptors (Lipinski definition) is 3. The van der Waals surface area contributed by atoms with Crippen molar-refractivity contribution < 1.29 is 9.53 Å². The number of amides is 1. The van der Waals surface area contributed by atoms with Crippen molar-refractivity contribution in [2.45, 2.75) is 63.3 Å². The van der Waals surface area contributed by atoms with Gasteiger partial charge in [0.15, 0.2) is 0 Å². The van der Waals surface area contributed by atoms with E-state index in [1.165, 1.54) is 69.3 Å². The molecule has 5 rings (SSSR count). The summed E-state index contributed by atoms with van der Waals surface area (Å²) in [6.45, 7) is 6.05. The van der Waals surface area contributed by atoms with Crippen molar-refractivity contribution in [3.05, 3.63) is 35.4 Å². The summed E-state index contributed by atoms with van der Waals surface area (Å²) in [5, 5.41) is 0. The second-order valence-corrected chi connectivity index (χ2v) is 10.1. The molecule has 4 nitrogen and oxygen atoms in total. The Balaban J connectivity index is 1.28. The van der Waals surface area contributed by atoms with Crippen molar-refractivity contribution >= 4 is 6.09 Å². The first-order chi connectivity index (χ1) is 14.1. The molecule has 3 aliphatic carbocycles. The molecule has 4 aliphatic rings. The van der Waals surface area contributed by atoms with Crippen LogP contribution in [0.2, 0.25) is 0 Å². The number of fused-ring (bicyclic) bond motifs is 4. The van der Waals surface area contributed by atoms with E-state index in [1.54, 1.807) is 0 Å². The maximum atomic E-state index is 12.4. The average Bonchev–Trinajstić information content (AvgIpc) is 3.44. The fourth-order valence-electron chi connectivity index (χ4n) is 7.13. The minimum atomic E-state index is -0.196. The molecule has 2 saturated carbocycles. The Morgan fingerprint density at radius 1 is 1.21 bits per heavy atom. The molecule has 1 saturated heterocycles. The zero-order chi connectivity index (χ0) is 20.0. The van der Waals surface area contributed by atoms with Crippen molar-refractivity contribution in [2.75, 3.05) is 33.3 Å². The van der Waals surface area contributed by atoms with Gasteiger partial charge in [-0.2, -0.15) is 0 Å². The number of likely N-dealkylation sites (tertiary alicyclic amines) is 1. The van der Waals surface area contributed by atoms with E-state index < -0.39 is 0 Å². The Morgan fingerprint density at radius 2 is 2.00 bits per heavy atom. The van der Waals surface area contributed by atoms with E-state index in [-0.39, 0.29) is 17.6 Å². The van der Waals surface area contributed by atoms with E-state index in [2.05, 4.69) is 29.2 Å². The van der Waals surface area contributed by atoms with Crippen LogP contribution in [0.3, 0.4) is 0 Å². The highest BCUT2D eigenvalue weighted by Gasteiger charge is 2.48. The van der Waals surface area contributed by atoms with Gasteiger partial charge in [0.1, 0.15) is 0 Å². The normalized spacial score (nSPS) is 32.5. The van der Waals surface area contributed by atoms with E-state index in [0.717, 1.165) is 24.2 Å². The minimum Gasteiger partial charge on any atom is -0.450 e. The number of rotatable bonds is 4. The molecule has 1 aromatic rings. The maximum Gasteiger partial charge on any atom is 0.410 e. The van der Waals surface area contributed by atoms with Crippen LogP contribution in [0.4, 0.5) is 4.79 Å². The fraction of sp³-hybridized carbons (Fsp3) is 0.720. The number of piperidine rings is 1. The number of carbonyl (C=O) groups is 1. The highest BCUT2D eigenvalue weighted by atomic mass is 16.6. The van der Waals surface area contributed by atoms with Gasteiger partial charge in [-0.3, -0.25) is 0 Å². The fourth-order valence-corrected chi connectivity index (χ4v) is 7.13. The standard InChI is InChI=1S/C25H36N2O2/c1-3-29-24(28)26(2)23-16-25(22-7-5-4-6-21(22)23)10-12-27(13-11-25)17-20-15-18-8-9-19(20)14-18/h4-7,18-20,23H,3,8-17H2,1-2H3/t18-,19-,20+,23-/m0/s1. The molecule has 1 heterocycles. The van der Waals surface area contributed by atoms with Gasteiger partial charge in [0.2, 0.25) is 0 Å². The molecule has 0 N–H and O–H groups in total. The Labute approximate surface area is 175 Å². The van der Waals surface area contributed by atoms with Crippen LogP contribution in [0.15, 0.2) is 24.3 Å². The van der Waals surface area contributed by atoms with Crippen LogP contribution in [-0.2, 0) is 10.2 Å². The Hall–Kier alpha value is -1.55. The molecule has 4 atom stereocenters. The van der Waals surface area contributed by atoms with E-state index in [9.17, 15) is 4.79 Å². The summed E-state index contributed by atoms with van der Waals surface area (Å²) in [5.74, 6) is 3.02. The molecule has 4 heteroatoms. The molecule has 1 aliphatic heterocycles. The third kappa shape index (κ3) is 3.37. The molecule has 1 aromatic carbocycles. The van der Waals surface area contributed by atoms with Gasteiger partial charge in [-0.15, -0.1) is 0 Å². The van der Waals surface area contributed by atoms with Crippen LogP contribution in [-0.4, -0.2) is 49.2 Å². The zero-order valence-corrected chi connectivity index (χ0v) is 18.1. The third-order valence-electron chi connectivity index (χ3n) is 8.69. The first-order valence-electron chi connectivity index (χ1n) is 11.8. The third-order valence-corrected chi connectivity index (χ3v) is 8.69. The number of nitrogens with zero attached hydrogens (tertiary/aromatic N) is 2. The smallest absolute Gasteiger partial charge is 0.410 e. The number of ether oxygens (including phenoxy) is 1. The van der Waals surface area contributed by atoms with Gasteiger partial charge < -0.3 is 14.5 Å². The number of hydrogen-bond donors (Lipinski definition) is 0. The van der Waals surface area contributed by atoms with Gasteiger partial charge in [0.05, 0.1) is 12.6 Å². The van der Waals surface area contributed by atoms with E-state index in [0.29, 0.717) is 6.61 Å². The quantitative estimate of drug-likeness (QED) is 0.719. The molecule has 0 aromatic heterocycles. The van der Waals surface area contributed by atoms with Crippen LogP contribution in [0.25, 0.3) is 0 Å². The summed E-state index contributed by atoms with van der Waals surface area (Å²) in [7, 11) is 1.91. The lowest BCUT2D eigenvalue weighted by Gasteiger charge is -2.42.